The molecule has 0 bridgehead atoms. The fourth-order valence-corrected chi connectivity index (χ4v) is 3.45. The summed E-state index contributed by atoms with van der Waals surface area (Å²) in [5, 5.41) is 0. The van der Waals surface area contributed by atoms with E-state index in [1.165, 1.54) is 17.7 Å². The van der Waals surface area contributed by atoms with Crippen LogP contribution in [0.4, 0.5) is 26.3 Å². The van der Waals surface area contributed by atoms with Gasteiger partial charge in [-0.1, -0.05) is 56.2 Å². The van der Waals surface area contributed by atoms with Crippen molar-refractivity contribution in [2.45, 2.75) is 38.8 Å². The Labute approximate surface area is 183 Å². The van der Waals surface area contributed by atoms with Crippen LogP contribution in [0.25, 0.3) is 28.3 Å². The normalized spacial score (nSPS) is 12.0. The van der Waals surface area contributed by atoms with Crippen molar-refractivity contribution in [3.05, 3.63) is 89.3 Å². The summed E-state index contributed by atoms with van der Waals surface area (Å²) in [5.41, 5.74) is 1.64. The smallest absolute Gasteiger partial charge is 0.206 e. The molecule has 0 saturated carbocycles. The van der Waals surface area contributed by atoms with Gasteiger partial charge in [0.2, 0.25) is 0 Å². The maximum Gasteiger partial charge on any atom is 0.409 e. The Morgan fingerprint density at radius 3 is 1.88 bits per heavy atom. The lowest BCUT2D eigenvalue weighted by atomic mass is 9.97. The predicted octanol–water partition coefficient (Wildman–Crippen LogP) is 8.75. The van der Waals surface area contributed by atoms with Crippen LogP contribution in [-0.4, -0.2) is 6.18 Å². The average molecular weight is 448 g/mol. The van der Waals surface area contributed by atoms with Crippen molar-refractivity contribution in [3.63, 3.8) is 0 Å². The van der Waals surface area contributed by atoms with Gasteiger partial charge in [-0.3, -0.25) is 0 Å². The summed E-state index contributed by atoms with van der Waals surface area (Å²) in [6.07, 6.45) is -0.241. The van der Waals surface area contributed by atoms with Gasteiger partial charge in [-0.25, -0.2) is 13.2 Å². The highest BCUT2D eigenvalue weighted by atomic mass is 19.4. The van der Waals surface area contributed by atoms with Crippen molar-refractivity contribution in [3.8, 4) is 22.3 Å². The quantitative estimate of drug-likeness (QED) is 0.250. The van der Waals surface area contributed by atoms with Crippen LogP contribution < -0.4 is 0 Å². The minimum Gasteiger partial charge on any atom is -0.206 e. The second kappa shape index (κ2) is 10.1. The molecule has 0 unspecified atom stereocenters. The van der Waals surface area contributed by atoms with E-state index in [0.29, 0.717) is 11.6 Å². The molecular weight excluding hydrogens is 426 g/mol. The predicted molar refractivity (Wildman–Crippen MR) is 116 cm³/mol. The number of halogens is 6. The molecule has 3 rings (SSSR count). The summed E-state index contributed by atoms with van der Waals surface area (Å²) in [6, 6.07) is 13.7. The summed E-state index contributed by atoms with van der Waals surface area (Å²) in [4.78, 5) is 0. The van der Waals surface area contributed by atoms with Gasteiger partial charge in [0.05, 0.1) is 0 Å². The zero-order chi connectivity index (χ0) is 23.3. The highest BCUT2D eigenvalue weighted by Gasteiger charge is 2.23. The van der Waals surface area contributed by atoms with Gasteiger partial charge in [-0.2, -0.15) is 13.2 Å². The molecule has 0 aliphatic rings. The van der Waals surface area contributed by atoms with Gasteiger partial charge in [-0.05, 0) is 59.4 Å². The van der Waals surface area contributed by atoms with Crippen LogP contribution in [0.1, 0.15) is 37.3 Å². The van der Waals surface area contributed by atoms with Gasteiger partial charge in [-0.15, -0.1) is 0 Å². The standard InChI is InChI=1S/C26H22F6/c1-2-3-4-5-17-6-8-18(9-7-17)19-10-11-21(23(27)14-19)20-15-24(28)22(25(29)16-20)12-13-26(30,31)32/h6-16H,2-5H2,1H3/b13-12+. The SMILES string of the molecule is CCCCCc1ccc(-c2ccc(-c3cc(F)c(/C=C/C(F)(F)F)c(F)c3)c(F)c2)cc1. The Kier molecular flexibility index (Phi) is 7.44. The minimum atomic E-state index is -4.70. The van der Waals surface area contributed by atoms with Crippen LogP contribution >= 0.6 is 0 Å². The summed E-state index contributed by atoms with van der Waals surface area (Å²) < 4.78 is 80.1. The summed E-state index contributed by atoms with van der Waals surface area (Å²) >= 11 is 0. The first-order valence-corrected chi connectivity index (χ1v) is 10.3. The number of hydrogen-bond acceptors (Lipinski definition) is 0. The van der Waals surface area contributed by atoms with Crippen LogP contribution in [0.2, 0.25) is 0 Å². The maximum atomic E-state index is 14.8. The first kappa shape index (κ1) is 23.6. The van der Waals surface area contributed by atoms with Crippen molar-refractivity contribution in [2.24, 2.45) is 0 Å². The lowest BCUT2D eigenvalue weighted by Gasteiger charge is -2.10. The molecule has 3 aromatic carbocycles. The molecule has 168 valence electrons. The Balaban J connectivity index is 1.84. The van der Waals surface area contributed by atoms with Gasteiger partial charge in [0.1, 0.15) is 17.5 Å². The highest BCUT2D eigenvalue weighted by molar-refractivity contribution is 5.72. The molecule has 0 saturated heterocycles. The van der Waals surface area contributed by atoms with E-state index in [-0.39, 0.29) is 17.2 Å². The van der Waals surface area contributed by atoms with Crippen LogP contribution in [-0.2, 0) is 6.42 Å². The number of unbranched alkanes of at least 4 members (excludes halogenated alkanes) is 2. The Morgan fingerprint density at radius 1 is 0.719 bits per heavy atom. The van der Waals surface area contributed by atoms with Gasteiger partial charge >= 0.3 is 6.18 Å². The number of rotatable bonds is 7. The Morgan fingerprint density at radius 2 is 1.31 bits per heavy atom. The van der Waals surface area contributed by atoms with E-state index in [4.69, 9.17) is 0 Å². The number of benzene rings is 3. The third kappa shape index (κ3) is 6.02. The van der Waals surface area contributed by atoms with Gasteiger partial charge in [0, 0.05) is 17.2 Å². The zero-order valence-corrected chi connectivity index (χ0v) is 17.4. The van der Waals surface area contributed by atoms with E-state index in [2.05, 4.69) is 6.92 Å². The average Bonchev–Trinajstić information content (AvgIpc) is 2.73. The van der Waals surface area contributed by atoms with Crippen molar-refractivity contribution < 1.29 is 26.3 Å². The Hall–Kier alpha value is -3.02. The van der Waals surface area contributed by atoms with Crippen molar-refractivity contribution in [2.75, 3.05) is 0 Å². The first-order valence-electron chi connectivity index (χ1n) is 10.3. The topological polar surface area (TPSA) is 0 Å². The molecule has 0 radical (unpaired) electrons. The number of hydrogen-bond donors (Lipinski definition) is 0. The maximum absolute atomic E-state index is 14.8. The van der Waals surface area contributed by atoms with Crippen molar-refractivity contribution in [1.82, 2.24) is 0 Å². The molecule has 0 aromatic heterocycles. The molecule has 0 aliphatic heterocycles. The fourth-order valence-electron chi connectivity index (χ4n) is 3.45. The summed E-state index contributed by atoms with van der Waals surface area (Å²) in [5.74, 6) is -3.10. The molecule has 0 amide bonds. The van der Waals surface area contributed by atoms with Crippen LogP contribution in [0.5, 0.6) is 0 Å². The molecule has 0 atom stereocenters. The fraction of sp³-hybridized carbons (Fsp3) is 0.231. The molecule has 3 aromatic rings. The lowest BCUT2D eigenvalue weighted by Crippen LogP contribution is -2.01. The van der Waals surface area contributed by atoms with E-state index < -0.39 is 29.2 Å². The van der Waals surface area contributed by atoms with Gasteiger partial charge in [0.15, 0.2) is 0 Å². The minimum absolute atomic E-state index is 0.0471. The monoisotopic (exact) mass is 448 g/mol. The molecule has 0 heterocycles. The molecule has 32 heavy (non-hydrogen) atoms. The van der Waals surface area contributed by atoms with Crippen LogP contribution in [0, 0.1) is 17.5 Å². The van der Waals surface area contributed by atoms with E-state index in [1.54, 1.807) is 6.07 Å². The van der Waals surface area contributed by atoms with Crippen molar-refractivity contribution in [1.29, 1.82) is 0 Å². The second-order valence-corrected chi connectivity index (χ2v) is 7.58. The van der Waals surface area contributed by atoms with E-state index >= 15 is 0 Å². The lowest BCUT2D eigenvalue weighted by molar-refractivity contribution is -0.0790. The molecule has 0 fully saturated rings. The highest BCUT2D eigenvalue weighted by Crippen LogP contribution is 2.31. The number of alkyl halides is 3. The second-order valence-electron chi connectivity index (χ2n) is 7.58. The first-order chi connectivity index (χ1) is 15.2. The third-order valence-corrected chi connectivity index (χ3v) is 5.15. The third-order valence-electron chi connectivity index (χ3n) is 5.15. The largest absolute Gasteiger partial charge is 0.409 e. The van der Waals surface area contributed by atoms with Crippen LogP contribution in [0.15, 0.2) is 60.7 Å². The zero-order valence-electron chi connectivity index (χ0n) is 17.4. The molecule has 0 nitrogen and oxygen atoms in total. The molecule has 6 heteroatoms. The molecular formula is C26H22F6. The molecule has 0 spiro atoms. The Bertz CT molecular complexity index is 1070. The van der Waals surface area contributed by atoms with Gasteiger partial charge in [0.25, 0.3) is 0 Å². The van der Waals surface area contributed by atoms with Gasteiger partial charge < -0.3 is 0 Å². The summed E-state index contributed by atoms with van der Waals surface area (Å²) in [6.45, 7) is 2.14. The number of aryl methyl sites for hydroxylation is 1. The van der Waals surface area contributed by atoms with Crippen LogP contribution in [0.3, 0.4) is 0 Å². The van der Waals surface area contributed by atoms with E-state index in [1.807, 2.05) is 24.3 Å². The van der Waals surface area contributed by atoms with E-state index in [9.17, 15) is 26.3 Å². The summed E-state index contributed by atoms with van der Waals surface area (Å²) in [7, 11) is 0. The van der Waals surface area contributed by atoms with Crippen molar-refractivity contribution >= 4 is 6.08 Å². The van der Waals surface area contributed by atoms with E-state index in [0.717, 1.165) is 43.4 Å². The molecule has 0 N–H and O–H groups in total. The molecule has 0 aliphatic carbocycles. The number of allylic oxidation sites excluding steroid dienone is 1.